The van der Waals surface area contributed by atoms with Crippen LogP contribution in [0.5, 0.6) is 5.75 Å². The molecule has 122 valence electrons. The van der Waals surface area contributed by atoms with Gasteiger partial charge in [-0.1, -0.05) is 52.8 Å². The van der Waals surface area contributed by atoms with E-state index in [1.54, 1.807) is 19.1 Å². The van der Waals surface area contributed by atoms with Crippen molar-refractivity contribution in [3.8, 4) is 5.75 Å². The second-order valence-corrected chi connectivity index (χ2v) is 7.86. The lowest BCUT2D eigenvalue weighted by Gasteiger charge is -2.33. The number of rotatable bonds is 5. The van der Waals surface area contributed by atoms with Crippen molar-refractivity contribution >= 4 is 5.97 Å². The van der Waals surface area contributed by atoms with Crippen molar-refractivity contribution < 1.29 is 15.0 Å². The molecule has 0 aliphatic heterocycles. The third kappa shape index (κ3) is 5.21. The molecule has 0 atom stereocenters. The molecule has 2 N–H and O–H groups in total. The number of hydrogen-bond acceptors (Lipinski definition) is 2. The Morgan fingerprint density at radius 1 is 1.18 bits per heavy atom. The SMILES string of the molecule is CC(=CCc1cc(C(C)(C)CC(C)(C)C)ccc1O)C(=O)O. The number of carboxylic acids is 1. The van der Waals surface area contributed by atoms with Crippen LogP contribution in [0.4, 0.5) is 0 Å². The molecule has 0 radical (unpaired) electrons. The van der Waals surface area contributed by atoms with Crippen molar-refractivity contribution in [2.24, 2.45) is 5.41 Å². The Morgan fingerprint density at radius 2 is 1.77 bits per heavy atom. The summed E-state index contributed by atoms with van der Waals surface area (Å²) in [6.07, 6.45) is 3.08. The van der Waals surface area contributed by atoms with Gasteiger partial charge in [0.25, 0.3) is 0 Å². The summed E-state index contributed by atoms with van der Waals surface area (Å²) in [5.41, 5.74) is 2.42. The largest absolute Gasteiger partial charge is 0.508 e. The molecule has 0 spiro atoms. The van der Waals surface area contributed by atoms with E-state index in [9.17, 15) is 9.90 Å². The van der Waals surface area contributed by atoms with Crippen LogP contribution in [0.15, 0.2) is 29.8 Å². The van der Waals surface area contributed by atoms with Gasteiger partial charge >= 0.3 is 5.97 Å². The second kappa shape index (κ2) is 6.55. The summed E-state index contributed by atoms with van der Waals surface area (Å²) < 4.78 is 0. The van der Waals surface area contributed by atoms with Crippen molar-refractivity contribution in [1.82, 2.24) is 0 Å². The van der Waals surface area contributed by atoms with Crippen molar-refractivity contribution in [2.75, 3.05) is 0 Å². The molecular formula is C19H28O3. The van der Waals surface area contributed by atoms with E-state index >= 15 is 0 Å². The minimum absolute atomic E-state index is 0.00768. The first kappa shape index (κ1) is 18.3. The molecule has 0 aliphatic rings. The van der Waals surface area contributed by atoms with Gasteiger partial charge in [0.2, 0.25) is 0 Å². The maximum absolute atomic E-state index is 10.9. The third-order valence-corrected chi connectivity index (χ3v) is 3.80. The second-order valence-electron chi connectivity index (χ2n) is 7.86. The van der Waals surface area contributed by atoms with Crippen LogP contribution in [0.3, 0.4) is 0 Å². The zero-order valence-corrected chi connectivity index (χ0v) is 14.5. The van der Waals surface area contributed by atoms with Crippen LogP contribution in [-0.4, -0.2) is 16.2 Å². The van der Waals surface area contributed by atoms with Crippen LogP contribution in [0, 0.1) is 5.41 Å². The van der Waals surface area contributed by atoms with Crippen LogP contribution in [-0.2, 0) is 16.6 Å². The Morgan fingerprint density at radius 3 is 2.27 bits per heavy atom. The van der Waals surface area contributed by atoms with E-state index in [4.69, 9.17) is 5.11 Å². The summed E-state index contributed by atoms with van der Waals surface area (Å²) in [4.78, 5) is 10.9. The third-order valence-electron chi connectivity index (χ3n) is 3.80. The van der Waals surface area contributed by atoms with Gasteiger partial charge in [-0.05, 0) is 47.8 Å². The number of carboxylic acid groups (broad SMARTS) is 1. The molecule has 0 unspecified atom stereocenters. The minimum Gasteiger partial charge on any atom is -0.508 e. The van der Waals surface area contributed by atoms with E-state index in [2.05, 4.69) is 34.6 Å². The average Bonchev–Trinajstić information content (AvgIpc) is 2.34. The first-order valence-electron chi connectivity index (χ1n) is 7.65. The van der Waals surface area contributed by atoms with Gasteiger partial charge in [-0.3, -0.25) is 0 Å². The van der Waals surface area contributed by atoms with Gasteiger partial charge in [0.15, 0.2) is 0 Å². The molecule has 3 nitrogen and oxygen atoms in total. The Kier molecular flexibility index (Phi) is 5.44. The van der Waals surface area contributed by atoms with Gasteiger partial charge in [0.1, 0.15) is 5.75 Å². The maximum Gasteiger partial charge on any atom is 0.330 e. The Balaban J connectivity index is 3.09. The van der Waals surface area contributed by atoms with Gasteiger partial charge in [0.05, 0.1) is 0 Å². The number of aromatic hydroxyl groups is 1. The maximum atomic E-state index is 10.9. The van der Waals surface area contributed by atoms with Gasteiger partial charge < -0.3 is 10.2 Å². The first-order valence-corrected chi connectivity index (χ1v) is 7.65. The van der Waals surface area contributed by atoms with E-state index < -0.39 is 5.97 Å². The zero-order chi connectivity index (χ0) is 17.1. The fraction of sp³-hybridized carbons (Fsp3) is 0.526. The average molecular weight is 304 g/mol. The molecule has 0 aromatic heterocycles. The van der Waals surface area contributed by atoms with Crippen molar-refractivity contribution in [3.63, 3.8) is 0 Å². The molecular weight excluding hydrogens is 276 g/mol. The Bertz CT molecular complexity index is 575. The number of benzene rings is 1. The fourth-order valence-electron chi connectivity index (χ4n) is 2.95. The summed E-state index contributed by atoms with van der Waals surface area (Å²) in [5.74, 6) is -0.714. The highest BCUT2D eigenvalue weighted by Gasteiger charge is 2.27. The lowest BCUT2D eigenvalue weighted by Crippen LogP contribution is -2.24. The number of hydrogen-bond donors (Lipinski definition) is 2. The first-order chi connectivity index (χ1) is 9.92. The fourth-order valence-corrected chi connectivity index (χ4v) is 2.95. The van der Waals surface area contributed by atoms with Crippen LogP contribution in [0.1, 0.15) is 59.1 Å². The number of phenols is 1. The van der Waals surface area contributed by atoms with Gasteiger partial charge in [-0.15, -0.1) is 0 Å². The summed E-state index contributed by atoms with van der Waals surface area (Å²) in [6, 6.07) is 5.66. The highest BCUT2D eigenvalue weighted by molar-refractivity contribution is 5.85. The molecule has 0 amide bonds. The van der Waals surface area contributed by atoms with E-state index in [1.807, 2.05) is 12.1 Å². The smallest absolute Gasteiger partial charge is 0.330 e. The predicted molar refractivity (Wildman–Crippen MR) is 90.3 cm³/mol. The molecule has 1 rings (SSSR count). The van der Waals surface area contributed by atoms with E-state index in [1.165, 1.54) is 0 Å². The van der Waals surface area contributed by atoms with Gasteiger partial charge in [-0.25, -0.2) is 4.79 Å². The monoisotopic (exact) mass is 304 g/mol. The topological polar surface area (TPSA) is 57.5 Å². The van der Waals surface area contributed by atoms with Crippen molar-refractivity contribution in [1.29, 1.82) is 0 Å². The number of allylic oxidation sites excluding steroid dienone is 1. The molecule has 0 saturated carbocycles. The predicted octanol–water partition coefficient (Wildman–Crippen LogP) is 4.68. The van der Waals surface area contributed by atoms with Crippen molar-refractivity contribution in [3.05, 3.63) is 41.0 Å². The number of carbonyl (C=O) groups is 1. The zero-order valence-electron chi connectivity index (χ0n) is 14.5. The molecule has 0 bridgehead atoms. The molecule has 0 aliphatic carbocycles. The molecule has 1 aromatic rings. The Hall–Kier alpha value is -1.77. The van der Waals surface area contributed by atoms with E-state index in [0.717, 1.165) is 17.5 Å². The standard InChI is InChI=1S/C19H28O3/c1-13(17(21)22)7-8-14-11-15(9-10-16(14)20)19(5,6)12-18(2,3)4/h7,9-11,20H,8,12H2,1-6H3,(H,21,22). The van der Waals surface area contributed by atoms with Crippen LogP contribution in [0.25, 0.3) is 0 Å². The number of aliphatic carboxylic acids is 1. The molecule has 1 aromatic carbocycles. The minimum atomic E-state index is -0.927. The summed E-state index contributed by atoms with van der Waals surface area (Å²) in [6.45, 7) is 12.6. The molecule has 0 saturated heterocycles. The van der Waals surface area contributed by atoms with Crippen LogP contribution < -0.4 is 0 Å². The van der Waals surface area contributed by atoms with Crippen molar-refractivity contribution in [2.45, 2.75) is 59.8 Å². The molecule has 22 heavy (non-hydrogen) atoms. The molecule has 0 fully saturated rings. The molecule has 0 heterocycles. The normalized spacial score (nSPS) is 13.3. The quantitative estimate of drug-likeness (QED) is 0.777. The van der Waals surface area contributed by atoms with Gasteiger partial charge in [0, 0.05) is 5.57 Å². The lowest BCUT2D eigenvalue weighted by atomic mass is 9.72. The summed E-state index contributed by atoms with van der Waals surface area (Å²) in [5, 5.41) is 18.9. The van der Waals surface area contributed by atoms with Gasteiger partial charge in [-0.2, -0.15) is 0 Å². The highest BCUT2D eigenvalue weighted by Crippen LogP contribution is 2.37. The number of phenolic OH excluding ortho intramolecular Hbond substituents is 1. The van der Waals surface area contributed by atoms with E-state index in [0.29, 0.717) is 12.0 Å². The summed E-state index contributed by atoms with van der Waals surface area (Å²) >= 11 is 0. The Labute approximate surface area is 133 Å². The molecule has 3 heteroatoms. The summed E-state index contributed by atoms with van der Waals surface area (Å²) in [7, 11) is 0. The lowest BCUT2D eigenvalue weighted by molar-refractivity contribution is -0.132. The van der Waals surface area contributed by atoms with Crippen LogP contribution in [0.2, 0.25) is 0 Å². The highest BCUT2D eigenvalue weighted by atomic mass is 16.4. The van der Waals surface area contributed by atoms with Crippen LogP contribution >= 0.6 is 0 Å². The van der Waals surface area contributed by atoms with E-state index in [-0.39, 0.29) is 16.6 Å².